The van der Waals surface area contributed by atoms with Crippen molar-refractivity contribution in [3.05, 3.63) is 24.4 Å². The van der Waals surface area contributed by atoms with Crippen molar-refractivity contribution in [2.24, 2.45) is 0 Å². The number of rotatable bonds is 2. The summed E-state index contributed by atoms with van der Waals surface area (Å²) < 4.78 is 10.1. The van der Waals surface area contributed by atoms with Crippen LogP contribution in [0.1, 0.15) is 0 Å². The predicted octanol–water partition coefficient (Wildman–Crippen LogP) is 1.64. The van der Waals surface area contributed by atoms with Gasteiger partial charge in [-0.3, -0.25) is 0 Å². The third kappa shape index (κ3) is 1.59. The van der Waals surface area contributed by atoms with Gasteiger partial charge >= 0.3 is 0 Å². The first-order chi connectivity index (χ1) is 7.22. The number of aromatic hydroxyl groups is 1. The lowest BCUT2D eigenvalue weighted by Crippen LogP contribution is -1.85. The molecule has 0 aliphatic carbocycles. The number of anilines is 1. The van der Waals surface area contributed by atoms with Gasteiger partial charge in [0.25, 0.3) is 6.01 Å². The highest BCUT2D eigenvalue weighted by atomic mass is 16.5. The fourth-order valence-corrected chi connectivity index (χ4v) is 1.30. The number of aromatic nitrogens is 1. The largest absolute Gasteiger partial charge is 0.504 e. The van der Waals surface area contributed by atoms with Crippen LogP contribution in [-0.2, 0) is 0 Å². The van der Waals surface area contributed by atoms with Crippen molar-refractivity contribution in [3.8, 4) is 22.8 Å². The molecule has 0 aliphatic rings. The average molecular weight is 206 g/mol. The quantitative estimate of drug-likeness (QED) is 0.780. The Labute approximate surface area is 86.1 Å². The van der Waals surface area contributed by atoms with Crippen molar-refractivity contribution >= 4 is 6.01 Å². The van der Waals surface area contributed by atoms with Crippen LogP contribution in [0.25, 0.3) is 11.3 Å². The number of hydrogen-bond acceptors (Lipinski definition) is 5. The second kappa shape index (κ2) is 3.53. The van der Waals surface area contributed by atoms with Crippen LogP contribution in [0.5, 0.6) is 11.5 Å². The summed E-state index contributed by atoms with van der Waals surface area (Å²) in [7, 11) is 1.48. The number of nitrogens with zero attached hydrogens (tertiary/aromatic N) is 1. The van der Waals surface area contributed by atoms with Crippen LogP contribution >= 0.6 is 0 Å². The lowest BCUT2D eigenvalue weighted by molar-refractivity contribution is 0.374. The summed E-state index contributed by atoms with van der Waals surface area (Å²) in [4.78, 5) is 3.75. The first kappa shape index (κ1) is 9.39. The fourth-order valence-electron chi connectivity index (χ4n) is 1.30. The third-order valence-corrected chi connectivity index (χ3v) is 2.01. The van der Waals surface area contributed by atoms with Crippen molar-refractivity contribution in [1.29, 1.82) is 0 Å². The fraction of sp³-hybridized carbons (Fsp3) is 0.100. The molecule has 1 aromatic carbocycles. The zero-order valence-electron chi connectivity index (χ0n) is 8.10. The van der Waals surface area contributed by atoms with E-state index in [0.29, 0.717) is 17.1 Å². The van der Waals surface area contributed by atoms with E-state index in [4.69, 9.17) is 14.9 Å². The molecular weight excluding hydrogens is 196 g/mol. The molecule has 15 heavy (non-hydrogen) atoms. The second-order valence-electron chi connectivity index (χ2n) is 2.92. The molecule has 0 unspecified atom stereocenters. The monoisotopic (exact) mass is 206 g/mol. The maximum Gasteiger partial charge on any atom is 0.292 e. The average Bonchev–Trinajstić information content (AvgIpc) is 2.65. The summed E-state index contributed by atoms with van der Waals surface area (Å²) in [5.41, 5.74) is 5.84. The van der Waals surface area contributed by atoms with Crippen LogP contribution in [0.4, 0.5) is 6.01 Å². The molecule has 3 N–H and O–H groups in total. The van der Waals surface area contributed by atoms with Gasteiger partial charge in [0, 0.05) is 0 Å². The third-order valence-electron chi connectivity index (χ3n) is 2.01. The molecule has 0 spiro atoms. The van der Waals surface area contributed by atoms with Gasteiger partial charge in [-0.05, 0) is 12.1 Å². The van der Waals surface area contributed by atoms with E-state index in [9.17, 15) is 5.11 Å². The summed E-state index contributed by atoms with van der Waals surface area (Å²) >= 11 is 0. The van der Waals surface area contributed by atoms with E-state index < -0.39 is 0 Å². The number of phenols is 1. The number of benzene rings is 1. The van der Waals surface area contributed by atoms with Gasteiger partial charge in [0.1, 0.15) is 0 Å². The van der Waals surface area contributed by atoms with Gasteiger partial charge in [-0.25, -0.2) is 4.98 Å². The van der Waals surface area contributed by atoms with Crippen molar-refractivity contribution in [2.75, 3.05) is 12.8 Å². The minimum atomic E-state index is 0.0103. The van der Waals surface area contributed by atoms with Crippen molar-refractivity contribution < 1.29 is 14.3 Å². The molecule has 0 amide bonds. The van der Waals surface area contributed by atoms with Crippen molar-refractivity contribution in [2.45, 2.75) is 0 Å². The first-order valence-corrected chi connectivity index (χ1v) is 4.30. The summed E-state index contributed by atoms with van der Waals surface area (Å²) in [5, 5.41) is 9.80. The van der Waals surface area contributed by atoms with Gasteiger partial charge in [-0.1, -0.05) is 6.07 Å². The lowest BCUT2D eigenvalue weighted by atomic mass is 10.1. The Morgan fingerprint density at radius 2 is 2.27 bits per heavy atom. The van der Waals surface area contributed by atoms with E-state index in [2.05, 4.69) is 4.98 Å². The number of phenolic OH excluding ortho intramolecular Hbond substituents is 1. The molecule has 5 heteroatoms. The van der Waals surface area contributed by atoms with Crippen LogP contribution in [0.2, 0.25) is 0 Å². The summed E-state index contributed by atoms with van der Waals surface area (Å²) in [6.45, 7) is 0. The van der Waals surface area contributed by atoms with Gasteiger partial charge in [-0.2, -0.15) is 0 Å². The maximum absolute atomic E-state index is 9.80. The number of nitrogen functional groups attached to an aromatic ring is 1. The van der Waals surface area contributed by atoms with E-state index in [1.165, 1.54) is 13.3 Å². The molecule has 0 saturated carbocycles. The molecule has 1 aromatic heterocycles. The van der Waals surface area contributed by atoms with Crippen molar-refractivity contribution in [1.82, 2.24) is 4.98 Å². The maximum atomic E-state index is 9.80. The Bertz CT molecular complexity index is 479. The Balaban J connectivity index is 2.53. The molecule has 0 aliphatic heterocycles. The summed E-state index contributed by atoms with van der Waals surface area (Å²) in [6, 6.07) is 5.15. The molecule has 0 bridgehead atoms. The van der Waals surface area contributed by atoms with Crippen LogP contribution in [0.15, 0.2) is 28.8 Å². The zero-order valence-corrected chi connectivity index (χ0v) is 8.10. The minimum absolute atomic E-state index is 0.0103. The van der Waals surface area contributed by atoms with Crippen molar-refractivity contribution in [3.63, 3.8) is 0 Å². The number of nitrogens with two attached hydrogens (primary N) is 1. The molecule has 0 saturated heterocycles. The normalized spacial score (nSPS) is 10.2. The number of oxazole rings is 1. The number of ether oxygens (including phenoxy) is 1. The van der Waals surface area contributed by atoms with Gasteiger partial charge in [0.05, 0.1) is 18.9 Å². The number of hydrogen-bond donors (Lipinski definition) is 2. The highest BCUT2D eigenvalue weighted by molar-refractivity contribution is 5.69. The lowest BCUT2D eigenvalue weighted by Gasteiger charge is -2.05. The van der Waals surface area contributed by atoms with Crippen LogP contribution in [-0.4, -0.2) is 17.2 Å². The Kier molecular flexibility index (Phi) is 2.21. The van der Waals surface area contributed by atoms with Gasteiger partial charge in [0.2, 0.25) is 0 Å². The SMILES string of the molecule is COc1cccc(-c2cnc(N)o2)c1O. The topological polar surface area (TPSA) is 81.5 Å². The van der Waals surface area contributed by atoms with E-state index in [-0.39, 0.29) is 11.8 Å². The standard InChI is InChI=1S/C10H10N2O3/c1-14-7-4-2-3-6(9(7)13)8-5-12-10(11)15-8/h2-5,13H,1H3,(H2,11,12). The molecule has 0 fully saturated rings. The Morgan fingerprint density at radius 3 is 2.87 bits per heavy atom. The molecule has 0 radical (unpaired) electrons. The number of para-hydroxylation sites is 1. The van der Waals surface area contributed by atoms with E-state index in [1.54, 1.807) is 18.2 Å². The number of methoxy groups -OCH3 is 1. The van der Waals surface area contributed by atoms with Crippen LogP contribution in [0.3, 0.4) is 0 Å². The molecule has 78 valence electrons. The van der Waals surface area contributed by atoms with Gasteiger partial charge < -0.3 is 20.0 Å². The predicted molar refractivity (Wildman–Crippen MR) is 54.6 cm³/mol. The highest BCUT2D eigenvalue weighted by Crippen LogP contribution is 2.37. The molecule has 2 rings (SSSR count). The second-order valence-corrected chi connectivity index (χ2v) is 2.92. The highest BCUT2D eigenvalue weighted by Gasteiger charge is 2.12. The molecule has 1 heterocycles. The Morgan fingerprint density at radius 1 is 1.47 bits per heavy atom. The minimum Gasteiger partial charge on any atom is -0.504 e. The smallest absolute Gasteiger partial charge is 0.292 e. The molecular formula is C10H10N2O3. The van der Waals surface area contributed by atoms with E-state index >= 15 is 0 Å². The van der Waals surface area contributed by atoms with Gasteiger partial charge in [0.15, 0.2) is 17.3 Å². The summed E-state index contributed by atoms with van der Waals surface area (Å²) in [5.74, 6) is 0.794. The van der Waals surface area contributed by atoms with Crippen LogP contribution < -0.4 is 10.5 Å². The molecule has 0 atom stereocenters. The van der Waals surface area contributed by atoms with E-state index in [0.717, 1.165) is 0 Å². The molecule has 2 aromatic rings. The molecule has 5 nitrogen and oxygen atoms in total. The first-order valence-electron chi connectivity index (χ1n) is 4.30. The zero-order chi connectivity index (χ0) is 10.8. The van der Waals surface area contributed by atoms with Crippen LogP contribution in [0, 0.1) is 0 Å². The van der Waals surface area contributed by atoms with Gasteiger partial charge in [-0.15, -0.1) is 0 Å². The Hall–Kier alpha value is -2.17. The summed E-state index contributed by atoms with van der Waals surface area (Å²) in [6.07, 6.45) is 1.45. The van der Waals surface area contributed by atoms with E-state index in [1.807, 2.05) is 0 Å².